The smallest absolute Gasteiger partial charge is 0.272 e. The van der Waals surface area contributed by atoms with Crippen molar-refractivity contribution in [1.29, 1.82) is 0 Å². The lowest BCUT2D eigenvalue weighted by atomic mass is 10.1. The molecule has 45 heavy (non-hydrogen) atoms. The molecule has 2 N–H and O–H groups in total. The maximum Gasteiger partial charge on any atom is 0.272 e. The monoisotopic (exact) mass is 641 g/mol. The quantitative estimate of drug-likeness (QED) is 0.157. The van der Waals surface area contributed by atoms with Gasteiger partial charge in [-0.05, 0) is 72.8 Å². The molecule has 4 aromatic carbocycles. The minimum Gasteiger partial charge on any atom is -0.493 e. The molecule has 4 amide bonds. The van der Waals surface area contributed by atoms with Crippen LogP contribution in [0.4, 0.5) is 11.4 Å². The van der Waals surface area contributed by atoms with Crippen LogP contribution < -0.4 is 25.0 Å². The van der Waals surface area contributed by atoms with Crippen LogP contribution in [-0.2, 0) is 14.4 Å². The van der Waals surface area contributed by atoms with Crippen LogP contribution in [0.2, 0.25) is 5.02 Å². The van der Waals surface area contributed by atoms with E-state index in [4.69, 9.17) is 21.1 Å². The predicted molar refractivity (Wildman–Crippen MR) is 175 cm³/mol. The van der Waals surface area contributed by atoms with Gasteiger partial charge < -0.3 is 20.1 Å². The van der Waals surface area contributed by atoms with E-state index in [1.165, 1.54) is 37.0 Å². The number of hydrogen-bond acceptors (Lipinski definition) is 7. The summed E-state index contributed by atoms with van der Waals surface area (Å²) in [5.74, 6) is -0.758. The molecule has 0 spiro atoms. The van der Waals surface area contributed by atoms with Crippen LogP contribution in [0.25, 0.3) is 6.08 Å². The zero-order chi connectivity index (χ0) is 31.9. The van der Waals surface area contributed by atoms with E-state index < -0.39 is 17.1 Å². The Balaban J connectivity index is 1.32. The van der Waals surface area contributed by atoms with E-state index in [0.29, 0.717) is 39.0 Å². The van der Waals surface area contributed by atoms with Gasteiger partial charge in [0.2, 0.25) is 11.8 Å². The first-order valence-electron chi connectivity index (χ1n) is 13.8. The molecule has 1 saturated heterocycles. The van der Waals surface area contributed by atoms with Crippen molar-refractivity contribution in [3.63, 3.8) is 0 Å². The van der Waals surface area contributed by atoms with Gasteiger partial charge in [0.1, 0.15) is 5.70 Å². The van der Waals surface area contributed by atoms with Crippen molar-refractivity contribution >= 4 is 64.4 Å². The Bertz CT molecular complexity index is 1760. The van der Waals surface area contributed by atoms with Gasteiger partial charge in [-0.1, -0.05) is 41.9 Å². The number of methoxy groups -OCH3 is 2. The minimum absolute atomic E-state index is 0.0220. The maximum atomic E-state index is 13.5. The molecule has 1 aliphatic heterocycles. The van der Waals surface area contributed by atoms with Gasteiger partial charge in [-0.3, -0.25) is 19.2 Å². The third-order valence-electron chi connectivity index (χ3n) is 6.84. The van der Waals surface area contributed by atoms with Crippen molar-refractivity contribution in [1.82, 2.24) is 5.32 Å². The number of hydrogen-bond donors (Lipinski definition) is 2. The standard InChI is InChI=1S/C34H28ClN3O6S/c1-43-28-10-6-9-22(31(28)44-2)19-27(37-32(40)21-7-4-3-5-8-21)33(41)36-24-13-17-26(18-14-24)45-29-20-30(39)38(34(29)42)25-15-11-23(35)12-16-25/h3-19,29H,20H2,1-2H3,(H,36,41)(H,37,40)/b27-19-. The summed E-state index contributed by atoms with van der Waals surface area (Å²) in [5, 5.41) is 5.44. The molecule has 1 unspecified atom stereocenters. The Labute approximate surface area is 269 Å². The first-order valence-corrected chi connectivity index (χ1v) is 15.0. The van der Waals surface area contributed by atoms with E-state index in [1.807, 2.05) is 0 Å². The van der Waals surface area contributed by atoms with Crippen LogP contribution in [0.1, 0.15) is 22.3 Å². The normalized spacial score (nSPS) is 14.7. The number of nitrogens with zero attached hydrogens (tertiary/aromatic N) is 1. The van der Waals surface area contributed by atoms with Crippen molar-refractivity contribution in [2.45, 2.75) is 16.6 Å². The molecule has 4 aromatic rings. The fourth-order valence-electron chi connectivity index (χ4n) is 4.66. The fourth-order valence-corrected chi connectivity index (χ4v) is 5.84. The van der Waals surface area contributed by atoms with E-state index in [9.17, 15) is 19.2 Å². The molecule has 0 aliphatic carbocycles. The Kier molecular flexibility index (Phi) is 9.86. The zero-order valence-corrected chi connectivity index (χ0v) is 25.9. The second-order valence-corrected chi connectivity index (χ2v) is 11.5. The molecule has 0 bridgehead atoms. The van der Waals surface area contributed by atoms with Crippen LogP contribution in [0, 0.1) is 0 Å². The number of imide groups is 1. The lowest BCUT2D eigenvalue weighted by Crippen LogP contribution is -2.31. The molecule has 1 heterocycles. The molecule has 0 aromatic heterocycles. The number of nitrogens with one attached hydrogen (secondary N) is 2. The summed E-state index contributed by atoms with van der Waals surface area (Å²) >= 11 is 7.21. The van der Waals surface area contributed by atoms with Crippen molar-refractivity contribution in [3.05, 3.63) is 119 Å². The van der Waals surface area contributed by atoms with Crippen LogP contribution in [0.5, 0.6) is 11.5 Å². The second-order valence-electron chi connectivity index (χ2n) is 9.79. The van der Waals surface area contributed by atoms with Crippen LogP contribution >= 0.6 is 23.4 Å². The van der Waals surface area contributed by atoms with Crippen molar-refractivity contribution in [3.8, 4) is 11.5 Å². The first kappa shape index (κ1) is 31.4. The number of benzene rings is 4. The number of thioether (sulfide) groups is 1. The van der Waals surface area contributed by atoms with Crippen molar-refractivity contribution < 1.29 is 28.7 Å². The van der Waals surface area contributed by atoms with Crippen molar-refractivity contribution in [2.75, 3.05) is 24.4 Å². The number of anilines is 2. The highest BCUT2D eigenvalue weighted by molar-refractivity contribution is 8.00. The SMILES string of the molecule is COc1cccc(/C=C(\NC(=O)c2ccccc2)C(=O)Nc2ccc(SC3CC(=O)N(c4ccc(Cl)cc4)C3=O)cc2)c1OC. The molecule has 1 fully saturated rings. The average Bonchev–Trinajstić information content (AvgIpc) is 3.33. The van der Waals surface area contributed by atoms with Crippen LogP contribution in [0.3, 0.4) is 0 Å². The van der Waals surface area contributed by atoms with Gasteiger partial charge in [0.25, 0.3) is 11.8 Å². The fraction of sp³-hybridized carbons (Fsp3) is 0.118. The van der Waals surface area contributed by atoms with Gasteiger partial charge in [-0.2, -0.15) is 0 Å². The molecule has 5 rings (SSSR count). The molecule has 228 valence electrons. The van der Waals surface area contributed by atoms with E-state index in [2.05, 4.69) is 10.6 Å². The van der Waals surface area contributed by atoms with Crippen molar-refractivity contribution in [2.24, 2.45) is 0 Å². The zero-order valence-electron chi connectivity index (χ0n) is 24.3. The molecular weight excluding hydrogens is 614 g/mol. The highest BCUT2D eigenvalue weighted by atomic mass is 35.5. The predicted octanol–water partition coefficient (Wildman–Crippen LogP) is 6.19. The summed E-state index contributed by atoms with van der Waals surface area (Å²) in [7, 11) is 3.00. The van der Waals surface area contributed by atoms with E-state index in [0.717, 1.165) is 4.90 Å². The summed E-state index contributed by atoms with van der Waals surface area (Å²) in [6.45, 7) is 0. The van der Waals surface area contributed by atoms with Gasteiger partial charge in [-0.25, -0.2) is 4.90 Å². The third kappa shape index (κ3) is 7.36. The summed E-state index contributed by atoms with van der Waals surface area (Å²) < 4.78 is 10.9. The highest BCUT2D eigenvalue weighted by Crippen LogP contribution is 2.35. The van der Waals surface area contributed by atoms with Gasteiger partial charge in [0.15, 0.2) is 11.5 Å². The second kappa shape index (κ2) is 14.1. The van der Waals surface area contributed by atoms with Crippen LogP contribution in [0.15, 0.2) is 108 Å². The van der Waals surface area contributed by atoms with Gasteiger partial charge in [0, 0.05) is 33.2 Å². The van der Waals surface area contributed by atoms with E-state index >= 15 is 0 Å². The number of para-hydroxylation sites is 1. The molecule has 0 radical (unpaired) electrons. The Hall–Kier alpha value is -5.06. The molecular formula is C34H28ClN3O6S. The molecule has 9 nitrogen and oxygen atoms in total. The van der Waals surface area contributed by atoms with Gasteiger partial charge in [-0.15, -0.1) is 11.8 Å². The van der Waals surface area contributed by atoms with Crippen LogP contribution in [-0.4, -0.2) is 43.1 Å². The van der Waals surface area contributed by atoms with Gasteiger partial charge in [0.05, 0.1) is 25.2 Å². The first-order chi connectivity index (χ1) is 21.8. The number of amides is 4. The molecule has 1 atom stereocenters. The van der Waals surface area contributed by atoms with E-state index in [-0.39, 0.29) is 23.9 Å². The Morgan fingerprint density at radius 1 is 0.889 bits per heavy atom. The highest BCUT2D eigenvalue weighted by Gasteiger charge is 2.40. The number of halogens is 1. The number of carbonyl (C=O) groups excluding carboxylic acids is 4. The number of rotatable bonds is 10. The average molecular weight is 642 g/mol. The van der Waals surface area contributed by atoms with Gasteiger partial charge >= 0.3 is 0 Å². The summed E-state index contributed by atoms with van der Waals surface area (Å²) in [6, 6.07) is 27.1. The topological polar surface area (TPSA) is 114 Å². The molecule has 0 saturated carbocycles. The summed E-state index contributed by atoms with van der Waals surface area (Å²) in [4.78, 5) is 54.1. The third-order valence-corrected chi connectivity index (χ3v) is 8.29. The summed E-state index contributed by atoms with van der Waals surface area (Å²) in [5.41, 5.74) is 1.81. The largest absolute Gasteiger partial charge is 0.493 e. The Morgan fingerprint density at radius 2 is 1.60 bits per heavy atom. The Morgan fingerprint density at radius 3 is 2.27 bits per heavy atom. The lowest BCUT2D eigenvalue weighted by molar-refractivity contribution is -0.121. The van der Waals surface area contributed by atoms with E-state index in [1.54, 1.807) is 97.1 Å². The summed E-state index contributed by atoms with van der Waals surface area (Å²) in [6.07, 6.45) is 1.57. The maximum absolute atomic E-state index is 13.5. The lowest BCUT2D eigenvalue weighted by Gasteiger charge is -2.15. The minimum atomic E-state index is -0.589. The number of ether oxygens (including phenoxy) is 2. The molecule has 1 aliphatic rings. The molecule has 11 heteroatoms. The number of carbonyl (C=O) groups is 4.